The van der Waals surface area contributed by atoms with Gasteiger partial charge in [-0.25, -0.2) is 9.31 Å². The number of nitrogens with one attached hydrogen (secondary N) is 2. The Morgan fingerprint density at radius 1 is 1.00 bits per heavy atom. The molecule has 136 valence electrons. The Kier molecular flexibility index (Phi) is 4.92. The average Bonchev–Trinajstić information content (AvgIpc) is 3.19. The van der Waals surface area contributed by atoms with Crippen molar-refractivity contribution in [1.82, 2.24) is 14.6 Å². The monoisotopic (exact) mass is 437 g/mol. The quantitative estimate of drug-likeness (QED) is 0.408. The molecule has 0 aliphatic rings. The third-order valence-corrected chi connectivity index (χ3v) is 5.25. The molecule has 10 heteroatoms. The summed E-state index contributed by atoms with van der Waals surface area (Å²) in [5.74, 6) is 0.174. The van der Waals surface area contributed by atoms with Crippen LogP contribution in [0.2, 0.25) is 15.1 Å². The summed E-state index contributed by atoms with van der Waals surface area (Å²) >= 11 is 19.6. The van der Waals surface area contributed by atoms with Crippen LogP contribution in [0.5, 0.6) is 0 Å². The lowest BCUT2D eigenvalue weighted by Crippen LogP contribution is -2.20. The van der Waals surface area contributed by atoms with Gasteiger partial charge in [0.25, 0.3) is 5.95 Å². The maximum Gasteiger partial charge on any atom is 0.326 e. The van der Waals surface area contributed by atoms with Gasteiger partial charge in [-0.15, -0.1) is 16.4 Å². The van der Waals surface area contributed by atoms with Gasteiger partial charge in [0, 0.05) is 26.7 Å². The summed E-state index contributed by atoms with van der Waals surface area (Å²) in [6.07, 6.45) is 0. The number of nitrogens with zero attached hydrogens (tertiary/aromatic N) is 3. The molecule has 0 atom stereocenters. The summed E-state index contributed by atoms with van der Waals surface area (Å²) in [5.41, 5.74) is 2.07. The van der Waals surface area contributed by atoms with Crippen molar-refractivity contribution < 1.29 is 4.79 Å². The summed E-state index contributed by atoms with van der Waals surface area (Å²) in [6, 6.07) is 11.5. The third kappa shape index (κ3) is 3.86. The maximum atomic E-state index is 12.1. The highest BCUT2D eigenvalue weighted by molar-refractivity contribution is 7.15. The van der Waals surface area contributed by atoms with E-state index in [4.69, 9.17) is 34.8 Å². The van der Waals surface area contributed by atoms with E-state index in [-0.39, 0.29) is 5.95 Å². The fraction of sp³-hybridized carbons (Fsp3) is 0. The molecular formula is C17H10Cl3N5OS. The maximum absolute atomic E-state index is 12.1. The second-order valence-electron chi connectivity index (χ2n) is 5.46. The van der Waals surface area contributed by atoms with Gasteiger partial charge in [0.2, 0.25) is 4.96 Å². The van der Waals surface area contributed by atoms with Crippen LogP contribution in [0.15, 0.2) is 47.8 Å². The molecule has 0 bridgehead atoms. The zero-order chi connectivity index (χ0) is 19.0. The van der Waals surface area contributed by atoms with E-state index in [9.17, 15) is 4.79 Å². The molecule has 6 nitrogen and oxygen atoms in total. The van der Waals surface area contributed by atoms with Crippen molar-refractivity contribution in [2.45, 2.75) is 0 Å². The first-order valence-corrected chi connectivity index (χ1v) is 9.64. The number of thiazole rings is 1. The van der Waals surface area contributed by atoms with Crippen LogP contribution in [0.4, 0.5) is 16.4 Å². The Bertz CT molecular complexity index is 1140. The largest absolute Gasteiger partial charge is 0.326 e. The van der Waals surface area contributed by atoms with Crippen molar-refractivity contribution in [2.24, 2.45) is 0 Å². The summed E-state index contributed by atoms with van der Waals surface area (Å²) < 4.78 is 1.61. The number of anilines is 2. The summed E-state index contributed by atoms with van der Waals surface area (Å²) in [7, 11) is 0. The van der Waals surface area contributed by atoms with Gasteiger partial charge in [0.1, 0.15) is 0 Å². The number of amides is 2. The predicted octanol–water partition coefficient (Wildman–Crippen LogP) is 6.06. The Morgan fingerprint density at radius 3 is 2.52 bits per heavy atom. The van der Waals surface area contributed by atoms with Crippen molar-refractivity contribution >= 4 is 68.8 Å². The lowest BCUT2D eigenvalue weighted by molar-refractivity contribution is 0.262. The molecule has 0 aliphatic carbocycles. The molecule has 4 aromatic rings. The molecule has 0 saturated heterocycles. The predicted molar refractivity (Wildman–Crippen MR) is 110 cm³/mol. The molecule has 27 heavy (non-hydrogen) atoms. The van der Waals surface area contributed by atoms with Crippen LogP contribution in [-0.2, 0) is 0 Å². The molecule has 0 fully saturated rings. The molecule has 2 amide bonds. The molecular weight excluding hydrogens is 429 g/mol. The van der Waals surface area contributed by atoms with Crippen LogP contribution in [0, 0.1) is 0 Å². The van der Waals surface area contributed by atoms with E-state index in [0.29, 0.717) is 25.7 Å². The van der Waals surface area contributed by atoms with Crippen molar-refractivity contribution in [3.63, 3.8) is 0 Å². The molecule has 0 aliphatic heterocycles. The first-order valence-electron chi connectivity index (χ1n) is 7.63. The van der Waals surface area contributed by atoms with Gasteiger partial charge >= 0.3 is 6.03 Å². The topological polar surface area (TPSA) is 71.3 Å². The van der Waals surface area contributed by atoms with E-state index in [2.05, 4.69) is 20.7 Å². The number of carbonyl (C=O) groups is 1. The van der Waals surface area contributed by atoms with Gasteiger partial charge in [-0.1, -0.05) is 34.8 Å². The second kappa shape index (κ2) is 7.36. The van der Waals surface area contributed by atoms with Gasteiger partial charge in [0.05, 0.1) is 10.7 Å². The van der Waals surface area contributed by atoms with Gasteiger partial charge in [0.15, 0.2) is 0 Å². The summed E-state index contributed by atoms with van der Waals surface area (Å²) in [5, 5.41) is 13.2. The zero-order valence-electron chi connectivity index (χ0n) is 13.4. The Morgan fingerprint density at radius 2 is 1.74 bits per heavy atom. The minimum Gasteiger partial charge on any atom is -0.308 e. The molecule has 2 aromatic carbocycles. The highest BCUT2D eigenvalue weighted by Crippen LogP contribution is 2.33. The highest BCUT2D eigenvalue weighted by Gasteiger charge is 2.15. The lowest BCUT2D eigenvalue weighted by atomic mass is 10.2. The fourth-order valence-electron chi connectivity index (χ4n) is 2.41. The molecule has 0 spiro atoms. The number of hydrogen-bond donors (Lipinski definition) is 2. The van der Waals surface area contributed by atoms with E-state index in [1.807, 2.05) is 5.38 Å². The van der Waals surface area contributed by atoms with Crippen LogP contribution >= 0.6 is 46.1 Å². The molecule has 2 aromatic heterocycles. The van der Waals surface area contributed by atoms with Crippen LogP contribution in [0.25, 0.3) is 16.2 Å². The van der Waals surface area contributed by atoms with E-state index in [0.717, 1.165) is 11.3 Å². The lowest BCUT2D eigenvalue weighted by Gasteiger charge is -2.05. The molecule has 0 radical (unpaired) electrons. The minimum absolute atomic E-state index is 0.174. The number of aromatic nitrogens is 3. The number of halogens is 3. The van der Waals surface area contributed by atoms with Crippen molar-refractivity contribution in [1.29, 1.82) is 0 Å². The van der Waals surface area contributed by atoms with Crippen LogP contribution < -0.4 is 10.6 Å². The third-order valence-electron chi connectivity index (χ3n) is 3.61. The summed E-state index contributed by atoms with van der Waals surface area (Å²) in [4.78, 5) is 17.1. The van der Waals surface area contributed by atoms with E-state index < -0.39 is 6.03 Å². The normalized spacial score (nSPS) is 10.9. The molecule has 0 saturated carbocycles. The number of urea groups is 1. The smallest absolute Gasteiger partial charge is 0.308 e. The van der Waals surface area contributed by atoms with Crippen molar-refractivity contribution in [2.75, 3.05) is 10.6 Å². The molecule has 2 heterocycles. The van der Waals surface area contributed by atoms with Crippen LogP contribution in [-0.4, -0.2) is 20.6 Å². The second-order valence-corrected chi connectivity index (χ2v) is 7.58. The van der Waals surface area contributed by atoms with Gasteiger partial charge < -0.3 is 5.32 Å². The number of hydrogen-bond acceptors (Lipinski definition) is 4. The van der Waals surface area contributed by atoms with Gasteiger partial charge in [-0.2, -0.15) is 4.98 Å². The van der Waals surface area contributed by atoms with E-state index in [1.54, 1.807) is 47.0 Å². The first kappa shape index (κ1) is 18.1. The number of benzene rings is 2. The van der Waals surface area contributed by atoms with Crippen molar-refractivity contribution in [3.8, 4) is 11.3 Å². The standard InChI is InChI=1S/C17H10Cl3N5OS/c18-9-1-4-11(5-2-9)21-16(26)22-15-23-17-25(24-15)14(8-27-17)12-7-10(19)3-6-13(12)20/h1-8H,(H2,21,22,24,26). The SMILES string of the molecule is O=C(Nc1ccc(Cl)cc1)Nc1nc2scc(-c3cc(Cl)ccc3Cl)n2n1. The Labute approximate surface area is 172 Å². The van der Waals surface area contributed by atoms with Gasteiger partial charge in [-0.05, 0) is 42.5 Å². The molecule has 4 rings (SSSR count). The fourth-order valence-corrected chi connectivity index (χ4v) is 3.75. The van der Waals surface area contributed by atoms with Crippen molar-refractivity contribution in [3.05, 3.63) is 62.9 Å². The zero-order valence-corrected chi connectivity index (χ0v) is 16.5. The molecule has 0 unspecified atom stereocenters. The highest BCUT2D eigenvalue weighted by atomic mass is 35.5. The average molecular weight is 439 g/mol. The number of fused-ring (bicyclic) bond motifs is 1. The summed E-state index contributed by atoms with van der Waals surface area (Å²) in [6.45, 7) is 0. The van der Waals surface area contributed by atoms with E-state index >= 15 is 0 Å². The minimum atomic E-state index is -0.460. The van der Waals surface area contributed by atoms with Crippen LogP contribution in [0.3, 0.4) is 0 Å². The Hall–Kier alpha value is -2.32. The number of carbonyl (C=O) groups excluding carboxylic acids is 1. The Balaban J connectivity index is 1.57. The number of rotatable bonds is 3. The first-order chi connectivity index (χ1) is 13.0. The molecule has 2 N–H and O–H groups in total. The van der Waals surface area contributed by atoms with E-state index in [1.165, 1.54) is 11.3 Å². The van der Waals surface area contributed by atoms with Crippen LogP contribution in [0.1, 0.15) is 0 Å². The van der Waals surface area contributed by atoms with Gasteiger partial charge in [-0.3, -0.25) is 5.32 Å².